The largest absolute Gasteiger partial charge is 0.350 e. The normalized spacial score (nSPS) is 14.8. The first-order valence-corrected chi connectivity index (χ1v) is 9.90. The number of thiophene rings is 1. The molecule has 6 heteroatoms. The number of nitrogens with one attached hydrogen (secondary N) is 1. The van der Waals surface area contributed by atoms with E-state index in [0.29, 0.717) is 18.4 Å². The van der Waals surface area contributed by atoms with Crippen LogP contribution in [0.4, 0.5) is 0 Å². The predicted octanol–water partition coefficient (Wildman–Crippen LogP) is 3.43. The minimum atomic E-state index is -0.0306. The molecule has 0 aliphatic heterocycles. The average Bonchev–Trinajstić information content (AvgIpc) is 3.35. The van der Waals surface area contributed by atoms with Crippen molar-refractivity contribution >= 4 is 28.0 Å². The number of fused-ring (bicyclic) bond motifs is 1. The first-order chi connectivity index (χ1) is 12.7. The quantitative estimate of drug-likeness (QED) is 0.751. The molecule has 134 valence electrons. The highest BCUT2D eigenvalue weighted by atomic mass is 32.1. The van der Waals surface area contributed by atoms with E-state index in [1.807, 2.05) is 41.8 Å². The molecule has 1 aliphatic carbocycles. The maximum Gasteiger partial charge on any atom is 0.274 e. The van der Waals surface area contributed by atoms with Gasteiger partial charge in [-0.1, -0.05) is 37.1 Å². The second-order valence-corrected chi connectivity index (χ2v) is 7.75. The zero-order valence-corrected chi connectivity index (χ0v) is 15.3. The molecule has 1 amide bonds. The Kier molecular flexibility index (Phi) is 4.84. The van der Waals surface area contributed by atoms with Crippen LogP contribution in [0.5, 0.6) is 0 Å². The molecule has 4 rings (SSSR count). The fraction of sp³-hybridized carbons (Fsp3) is 0.350. The maximum atomic E-state index is 12.8. The Labute approximate surface area is 155 Å². The number of hydrogen-bond donors (Lipinski definition) is 1. The van der Waals surface area contributed by atoms with E-state index in [2.05, 4.69) is 10.4 Å². The Morgan fingerprint density at radius 1 is 1.15 bits per heavy atom. The van der Waals surface area contributed by atoms with Gasteiger partial charge < -0.3 is 5.32 Å². The molecule has 0 spiro atoms. The van der Waals surface area contributed by atoms with Crippen LogP contribution in [-0.4, -0.2) is 15.7 Å². The van der Waals surface area contributed by atoms with Crippen molar-refractivity contribution in [3.8, 4) is 0 Å². The van der Waals surface area contributed by atoms with Crippen LogP contribution in [0.3, 0.4) is 0 Å². The molecule has 0 saturated heterocycles. The monoisotopic (exact) mass is 367 g/mol. The lowest BCUT2D eigenvalue weighted by Gasteiger charge is -2.16. The number of rotatable bonds is 5. The van der Waals surface area contributed by atoms with Crippen LogP contribution in [-0.2, 0) is 17.8 Å². The van der Waals surface area contributed by atoms with Gasteiger partial charge in [0.2, 0.25) is 5.91 Å². The maximum absolute atomic E-state index is 12.8. The smallest absolute Gasteiger partial charge is 0.274 e. The third-order valence-corrected chi connectivity index (χ3v) is 5.82. The van der Waals surface area contributed by atoms with Crippen molar-refractivity contribution in [1.29, 1.82) is 0 Å². The Balaban J connectivity index is 1.62. The van der Waals surface area contributed by atoms with Crippen LogP contribution in [0.2, 0.25) is 0 Å². The predicted molar refractivity (Wildman–Crippen MR) is 103 cm³/mol. The number of aromatic nitrogens is 2. The summed E-state index contributed by atoms with van der Waals surface area (Å²) in [4.78, 5) is 26.1. The lowest BCUT2D eigenvalue weighted by molar-refractivity contribution is -0.120. The van der Waals surface area contributed by atoms with Crippen LogP contribution in [0, 0.1) is 0 Å². The molecule has 2 aromatic heterocycles. The molecule has 0 atom stereocenters. The third kappa shape index (κ3) is 3.42. The molecule has 0 unspecified atom stereocenters. The van der Waals surface area contributed by atoms with Gasteiger partial charge in [0.1, 0.15) is 0 Å². The van der Waals surface area contributed by atoms with Crippen molar-refractivity contribution in [2.75, 3.05) is 0 Å². The summed E-state index contributed by atoms with van der Waals surface area (Å²) in [7, 11) is 0. The Morgan fingerprint density at radius 2 is 1.92 bits per heavy atom. The van der Waals surface area contributed by atoms with E-state index in [1.165, 1.54) is 0 Å². The Bertz CT molecular complexity index is 972. The Hall–Kier alpha value is -2.47. The number of amides is 1. The number of benzene rings is 1. The zero-order valence-electron chi connectivity index (χ0n) is 14.5. The van der Waals surface area contributed by atoms with Gasteiger partial charge in [0, 0.05) is 10.3 Å². The summed E-state index contributed by atoms with van der Waals surface area (Å²) >= 11 is 1.57. The van der Waals surface area contributed by atoms with Crippen molar-refractivity contribution in [3.05, 3.63) is 62.7 Å². The van der Waals surface area contributed by atoms with Gasteiger partial charge in [-0.3, -0.25) is 9.59 Å². The molecule has 2 heterocycles. The van der Waals surface area contributed by atoms with Crippen molar-refractivity contribution < 1.29 is 4.79 Å². The van der Waals surface area contributed by atoms with Crippen LogP contribution in [0.15, 0.2) is 46.6 Å². The molecule has 1 N–H and O–H groups in total. The number of hydrogen-bond acceptors (Lipinski definition) is 4. The van der Waals surface area contributed by atoms with Gasteiger partial charge in [0.25, 0.3) is 5.56 Å². The van der Waals surface area contributed by atoms with Crippen molar-refractivity contribution in [2.45, 2.75) is 44.7 Å². The van der Waals surface area contributed by atoms with Gasteiger partial charge in [-0.05, 0) is 30.4 Å². The zero-order chi connectivity index (χ0) is 17.9. The Morgan fingerprint density at radius 3 is 2.65 bits per heavy atom. The molecule has 0 bridgehead atoms. The SMILES string of the molecule is O=C(Cc1cccs1)NCc1nn(C2CCCC2)c(=O)c2ccccc12. The number of carbonyl (C=O) groups excluding carboxylic acids is 1. The molecule has 1 aliphatic rings. The third-order valence-electron chi connectivity index (χ3n) is 4.94. The fourth-order valence-electron chi connectivity index (χ4n) is 3.62. The summed E-state index contributed by atoms with van der Waals surface area (Å²) in [5, 5.41) is 11.1. The highest BCUT2D eigenvalue weighted by molar-refractivity contribution is 7.10. The van der Waals surface area contributed by atoms with Gasteiger partial charge in [-0.25, -0.2) is 4.68 Å². The van der Waals surface area contributed by atoms with E-state index in [4.69, 9.17) is 0 Å². The van der Waals surface area contributed by atoms with Crippen molar-refractivity contribution in [2.24, 2.45) is 0 Å². The van der Waals surface area contributed by atoms with E-state index < -0.39 is 0 Å². The molecule has 1 fully saturated rings. The molecule has 5 nitrogen and oxygen atoms in total. The summed E-state index contributed by atoms with van der Waals surface area (Å²) in [6, 6.07) is 11.6. The van der Waals surface area contributed by atoms with Gasteiger partial charge >= 0.3 is 0 Å². The summed E-state index contributed by atoms with van der Waals surface area (Å²) < 4.78 is 1.65. The van der Waals surface area contributed by atoms with Gasteiger partial charge in [0.15, 0.2) is 0 Å². The number of nitrogens with zero attached hydrogens (tertiary/aromatic N) is 2. The van der Waals surface area contributed by atoms with E-state index in [1.54, 1.807) is 16.0 Å². The second-order valence-electron chi connectivity index (χ2n) is 6.71. The summed E-state index contributed by atoms with van der Waals surface area (Å²) in [5.74, 6) is -0.0306. The highest BCUT2D eigenvalue weighted by Crippen LogP contribution is 2.28. The van der Waals surface area contributed by atoms with E-state index >= 15 is 0 Å². The van der Waals surface area contributed by atoms with Crippen molar-refractivity contribution in [1.82, 2.24) is 15.1 Å². The molecule has 0 radical (unpaired) electrons. The second kappa shape index (κ2) is 7.41. The summed E-state index contributed by atoms with van der Waals surface area (Å²) in [6.07, 6.45) is 4.64. The molecular weight excluding hydrogens is 346 g/mol. The lowest BCUT2D eigenvalue weighted by Crippen LogP contribution is -2.30. The van der Waals surface area contributed by atoms with Crippen LogP contribution < -0.4 is 10.9 Å². The number of carbonyl (C=O) groups is 1. The van der Waals surface area contributed by atoms with Crippen LogP contribution in [0.25, 0.3) is 10.8 Å². The van der Waals surface area contributed by atoms with Crippen molar-refractivity contribution in [3.63, 3.8) is 0 Å². The molecule has 1 aromatic carbocycles. The summed E-state index contributed by atoms with van der Waals surface area (Å²) in [5.41, 5.74) is 0.729. The van der Waals surface area contributed by atoms with E-state index in [-0.39, 0.29) is 17.5 Å². The topological polar surface area (TPSA) is 64.0 Å². The molecule has 26 heavy (non-hydrogen) atoms. The molecule has 1 saturated carbocycles. The fourth-order valence-corrected chi connectivity index (χ4v) is 4.32. The minimum Gasteiger partial charge on any atom is -0.350 e. The average molecular weight is 367 g/mol. The minimum absolute atomic E-state index is 0.0267. The van der Waals surface area contributed by atoms with E-state index in [9.17, 15) is 9.59 Å². The van der Waals surface area contributed by atoms with Gasteiger partial charge in [0.05, 0.1) is 30.1 Å². The van der Waals surface area contributed by atoms with E-state index in [0.717, 1.165) is 41.6 Å². The lowest BCUT2D eigenvalue weighted by atomic mass is 10.1. The molecular formula is C20H21N3O2S. The van der Waals surface area contributed by atoms with Crippen LogP contribution in [0.1, 0.15) is 42.3 Å². The highest BCUT2D eigenvalue weighted by Gasteiger charge is 2.21. The van der Waals surface area contributed by atoms with Gasteiger partial charge in [-0.2, -0.15) is 5.10 Å². The summed E-state index contributed by atoms with van der Waals surface area (Å²) in [6.45, 7) is 0.331. The van der Waals surface area contributed by atoms with Crippen LogP contribution >= 0.6 is 11.3 Å². The van der Waals surface area contributed by atoms with Gasteiger partial charge in [-0.15, -0.1) is 11.3 Å². The first-order valence-electron chi connectivity index (χ1n) is 9.02. The first kappa shape index (κ1) is 17.0. The standard InChI is InChI=1S/C20H21N3O2S/c24-19(12-15-8-5-11-26-15)21-13-18-16-9-3-4-10-17(16)20(25)23(22-18)14-6-1-2-7-14/h3-5,8-11,14H,1-2,6-7,12-13H2,(H,21,24). The molecule has 3 aromatic rings.